The van der Waals surface area contributed by atoms with Crippen molar-refractivity contribution in [3.63, 3.8) is 0 Å². The molecule has 1 aromatic rings. The molecule has 0 saturated heterocycles. The maximum Gasteiger partial charge on any atom is 0.307 e. The third-order valence-electron chi connectivity index (χ3n) is 4.94. The molecule has 1 aliphatic rings. The van der Waals surface area contributed by atoms with E-state index < -0.39 is 5.97 Å². The molecule has 2 N–H and O–H groups in total. The number of hydrogen-bond donors (Lipinski definition) is 2. The molecule has 0 amide bonds. The highest BCUT2D eigenvalue weighted by atomic mass is 16.4. The van der Waals surface area contributed by atoms with Gasteiger partial charge >= 0.3 is 5.97 Å². The van der Waals surface area contributed by atoms with E-state index in [-0.39, 0.29) is 17.3 Å². The molecule has 1 aromatic carbocycles. The van der Waals surface area contributed by atoms with Crippen LogP contribution in [-0.2, 0) is 22.0 Å². The van der Waals surface area contributed by atoms with Crippen molar-refractivity contribution in [2.24, 2.45) is 0 Å². The Hall–Kier alpha value is -1.51. The van der Waals surface area contributed by atoms with E-state index in [2.05, 4.69) is 27.7 Å². The number of carboxylic acids is 1. The SMILES string of the molecule is CC(C)(C)c1cc(CC(=O)O)cc(C2(C)CCCCC2)c1O. The van der Waals surface area contributed by atoms with Crippen LogP contribution in [0.2, 0.25) is 0 Å². The molecule has 22 heavy (non-hydrogen) atoms. The molecule has 3 nitrogen and oxygen atoms in total. The fourth-order valence-electron chi connectivity index (χ4n) is 3.60. The third kappa shape index (κ3) is 3.45. The number of aromatic hydroxyl groups is 1. The summed E-state index contributed by atoms with van der Waals surface area (Å²) >= 11 is 0. The summed E-state index contributed by atoms with van der Waals surface area (Å²) < 4.78 is 0. The van der Waals surface area contributed by atoms with E-state index in [0.717, 1.165) is 29.5 Å². The van der Waals surface area contributed by atoms with E-state index in [1.54, 1.807) is 0 Å². The number of carboxylic acid groups (broad SMARTS) is 1. The van der Waals surface area contributed by atoms with Crippen LogP contribution in [0.15, 0.2) is 12.1 Å². The Labute approximate surface area is 133 Å². The van der Waals surface area contributed by atoms with Gasteiger partial charge < -0.3 is 10.2 Å². The predicted octanol–water partition coefficient (Wildman–Crippen LogP) is 4.54. The van der Waals surface area contributed by atoms with Crippen molar-refractivity contribution in [2.45, 2.75) is 77.0 Å². The minimum absolute atomic E-state index is 0.00639. The lowest BCUT2D eigenvalue weighted by molar-refractivity contribution is -0.136. The van der Waals surface area contributed by atoms with Gasteiger partial charge in [0.1, 0.15) is 5.75 Å². The lowest BCUT2D eigenvalue weighted by atomic mass is 9.69. The van der Waals surface area contributed by atoms with Crippen molar-refractivity contribution in [2.75, 3.05) is 0 Å². The molecule has 1 fully saturated rings. The number of rotatable bonds is 3. The van der Waals surface area contributed by atoms with E-state index in [1.807, 2.05) is 12.1 Å². The number of phenolic OH excluding ortho intramolecular Hbond substituents is 1. The second-order valence-electron chi connectivity index (χ2n) is 7.98. The van der Waals surface area contributed by atoms with Crippen LogP contribution in [0.4, 0.5) is 0 Å². The second kappa shape index (κ2) is 5.94. The summed E-state index contributed by atoms with van der Waals surface area (Å²) in [5.74, 6) is -0.462. The fraction of sp³-hybridized carbons (Fsp3) is 0.632. The number of aliphatic carboxylic acids is 1. The lowest BCUT2D eigenvalue weighted by Gasteiger charge is -2.36. The topological polar surface area (TPSA) is 57.5 Å². The molecule has 0 bridgehead atoms. The van der Waals surface area contributed by atoms with Crippen LogP contribution in [-0.4, -0.2) is 16.2 Å². The van der Waals surface area contributed by atoms with Crippen LogP contribution in [0.1, 0.15) is 76.5 Å². The number of hydrogen-bond acceptors (Lipinski definition) is 2. The number of phenols is 1. The molecule has 0 heterocycles. The van der Waals surface area contributed by atoms with Crippen molar-refractivity contribution in [3.8, 4) is 5.75 Å². The van der Waals surface area contributed by atoms with Gasteiger partial charge in [0, 0.05) is 5.56 Å². The first kappa shape index (κ1) is 16.9. The summed E-state index contributed by atoms with van der Waals surface area (Å²) in [5, 5.41) is 20.0. The Morgan fingerprint density at radius 3 is 2.27 bits per heavy atom. The summed E-state index contributed by atoms with van der Waals surface area (Å²) in [7, 11) is 0. The predicted molar refractivity (Wildman–Crippen MR) is 88.6 cm³/mol. The maximum atomic E-state index is 11.1. The minimum atomic E-state index is -0.828. The van der Waals surface area contributed by atoms with E-state index in [9.17, 15) is 9.90 Å². The molecule has 0 atom stereocenters. The Balaban J connectivity index is 2.58. The molecule has 0 aromatic heterocycles. The summed E-state index contributed by atoms with van der Waals surface area (Å²) in [6.07, 6.45) is 5.71. The monoisotopic (exact) mass is 304 g/mol. The average molecular weight is 304 g/mol. The molecule has 0 spiro atoms. The maximum absolute atomic E-state index is 11.1. The van der Waals surface area contributed by atoms with E-state index in [1.165, 1.54) is 19.3 Å². The average Bonchev–Trinajstić information content (AvgIpc) is 2.39. The highest BCUT2D eigenvalue weighted by molar-refractivity contribution is 5.71. The molecular formula is C19H28O3. The van der Waals surface area contributed by atoms with Gasteiger partial charge in [0.05, 0.1) is 6.42 Å². The van der Waals surface area contributed by atoms with E-state index in [4.69, 9.17) is 5.11 Å². The van der Waals surface area contributed by atoms with Crippen LogP contribution >= 0.6 is 0 Å². The standard InChI is InChI=1S/C19H28O3/c1-18(2,3)14-10-13(12-16(20)21)11-15(17(14)22)19(4)8-6-5-7-9-19/h10-11,22H,5-9,12H2,1-4H3,(H,20,21). The Bertz CT molecular complexity index is 561. The number of carbonyl (C=O) groups is 1. The van der Waals surface area contributed by atoms with Gasteiger partial charge in [0.15, 0.2) is 0 Å². The lowest BCUT2D eigenvalue weighted by Crippen LogP contribution is -2.26. The molecule has 1 aliphatic carbocycles. The third-order valence-corrected chi connectivity index (χ3v) is 4.94. The van der Waals surface area contributed by atoms with Crippen LogP contribution in [0.25, 0.3) is 0 Å². The van der Waals surface area contributed by atoms with Crippen LogP contribution < -0.4 is 0 Å². The molecule has 0 unspecified atom stereocenters. The largest absolute Gasteiger partial charge is 0.507 e. The first-order chi connectivity index (χ1) is 10.1. The normalized spacial score (nSPS) is 18.2. The highest BCUT2D eigenvalue weighted by Crippen LogP contribution is 2.46. The number of benzene rings is 1. The van der Waals surface area contributed by atoms with Gasteiger partial charge in [-0.05, 0) is 34.8 Å². The first-order valence-electron chi connectivity index (χ1n) is 8.22. The zero-order valence-electron chi connectivity index (χ0n) is 14.2. The Morgan fingerprint density at radius 1 is 1.18 bits per heavy atom. The van der Waals surface area contributed by atoms with Gasteiger partial charge in [-0.15, -0.1) is 0 Å². The fourth-order valence-corrected chi connectivity index (χ4v) is 3.60. The van der Waals surface area contributed by atoms with Gasteiger partial charge in [-0.3, -0.25) is 4.79 Å². The van der Waals surface area contributed by atoms with Crippen LogP contribution in [0, 0.1) is 0 Å². The molecule has 0 radical (unpaired) electrons. The van der Waals surface area contributed by atoms with Crippen molar-refractivity contribution >= 4 is 5.97 Å². The zero-order chi connectivity index (χ0) is 16.5. The van der Waals surface area contributed by atoms with Gasteiger partial charge in [0.2, 0.25) is 0 Å². The quantitative estimate of drug-likeness (QED) is 0.862. The van der Waals surface area contributed by atoms with Crippen LogP contribution in [0.3, 0.4) is 0 Å². The first-order valence-corrected chi connectivity index (χ1v) is 8.22. The van der Waals surface area contributed by atoms with Gasteiger partial charge in [-0.1, -0.05) is 59.1 Å². The molecule has 2 rings (SSSR count). The minimum Gasteiger partial charge on any atom is -0.507 e. The van der Waals surface area contributed by atoms with Crippen molar-refractivity contribution in [3.05, 3.63) is 28.8 Å². The summed E-state index contributed by atoms with van der Waals surface area (Å²) in [6.45, 7) is 8.37. The summed E-state index contributed by atoms with van der Waals surface area (Å²) in [4.78, 5) is 11.1. The molecule has 0 aliphatic heterocycles. The van der Waals surface area contributed by atoms with E-state index >= 15 is 0 Å². The Morgan fingerprint density at radius 2 is 1.77 bits per heavy atom. The van der Waals surface area contributed by atoms with Crippen molar-refractivity contribution in [1.82, 2.24) is 0 Å². The van der Waals surface area contributed by atoms with Gasteiger partial charge in [-0.2, -0.15) is 0 Å². The molecule has 1 saturated carbocycles. The van der Waals surface area contributed by atoms with Gasteiger partial charge in [-0.25, -0.2) is 0 Å². The van der Waals surface area contributed by atoms with Crippen molar-refractivity contribution < 1.29 is 15.0 Å². The molecular weight excluding hydrogens is 276 g/mol. The zero-order valence-corrected chi connectivity index (χ0v) is 14.2. The van der Waals surface area contributed by atoms with Gasteiger partial charge in [0.25, 0.3) is 0 Å². The molecule has 122 valence electrons. The van der Waals surface area contributed by atoms with Crippen molar-refractivity contribution in [1.29, 1.82) is 0 Å². The summed E-state index contributed by atoms with van der Waals surface area (Å²) in [6, 6.07) is 3.78. The highest BCUT2D eigenvalue weighted by Gasteiger charge is 2.34. The molecule has 3 heteroatoms. The summed E-state index contributed by atoms with van der Waals surface area (Å²) in [5.41, 5.74) is 2.33. The van der Waals surface area contributed by atoms with Crippen LogP contribution in [0.5, 0.6) is 5.75 Å². The smallest absolute Gasteiger partial charge is 0.307 e. The second-order valence-corrected chi connectivity index (χ2v) is 7.98. The Kier molecular flexibility index (Phi) is 4.55. The van der Waals surface area contributed by atoms with E-state index in [0.29, 0.717) is 5.75 Å².